The van der Waals surface area contributed by atoms with Gasteiger partial charge in [0.1, 0.15) is 17.5 Å². The van der Waals surface area contributed by atoms with Crippen molar-refractivity contribution in [3.8, 4) is 6.07 Å². The second kappa shape index (κ2) is 5.43. The molecule has 0 radical (unpaired) electrons. The van der Waals surface area contributed by atoms with Gasteiger partial charge in [-0.15, -0.1) is 0 Å². The van der Waals surface area contributed by atoms with Crippen LogP contribution in [0, 0.1) is 11.3 Å². The fourth-order valence-corrected chi connectivity index (χ4v) is 2.60. The van der Waals surface area contributed by atoms with Gasteiger partial charge in [0.05, 0.1) is 12.6 Å². The highest BCUT2D eigenvalue weighted by Crippen LogP contribution is 2.31. The molecule has 0 N–H and O–H groups in total. The number of amides is 1. The highest BCUT2D eigenvalue weighted by atomic mass is 16.7. The van der Waals surface area contributed by atoms with E-state index >= 15 is 0 Å². The third kappa shape index (κ3) is 2.30. The van der Waals surface area contributed by atoms with Crippen LogP contribution >= 0.6 is 0 Å². The van der Waals surface area contributed by atoms with Gasteiger partial charge in [0.15, 0.2) is 0 Å². The average molecular weight is 281 g/mol. The van der Waals surface area contributed by atoms with E-state index in [4.69, 9.17) is 10.1 Å². The highest BCUT2D eigenvalue weighted by Gasteiger charge is 2.33. The minimum atomic E-state index is -0.217. The van der Waals surface area contributed by atoms with Gasteiger partial charge in [-0.1, -0.05) is 30.3 Å². The molecule has 1 aliphatic rings. The zero-order valence-corrected chi connectivity index (χ0v) is 11.7. The second-order valence-electron chi connectivity index (χ2n) is 4.95. The number of carbonyl (C=O) groups excluding carboxylic acids is 1. The van der Waals surface area contributed by atoms with E-state index in [2.05, 4.69) is 6.07 Å². The first-order chi connectivity index (χ1) is 10.2. The Labute approximate surface area is 122 Å². The summed E-state index contributed by atoms with van der Waals surface area (Å²) in [4.78, 5) is 18.2. The van der Waals surface area contributed by atoms with E-state index < -0.39 is 0 Å². The fourth-order valence-electron chi connectivity index (χ4n) is 2.60. The van der Waals surface area contributed by atoms with Gasteiger partial charge in [-0.25, -0.2) is 5.06 Å². The topological polar surface area (TPSA) is 58.3 Å². The lowest BCUT2D eigenvalue weighted by Crippen LogP contribution is -2.31. The molecule has 5 nitrogen and oxygen atoms in total. The third-order valence-electron chi connectivity index (χ3n) is 3.74. The summed E-state index contributed by atoms with van der Waals surface area (Å²) in [7, 11) is 1.71. The number of nitrogens with zero attached hydrogens (tertiary/aromatic N) is 3. The van der Waals surface area contributed by atoms with Crippen molar-refractivity contribution in [3.63, 3.8) is 0 Å². The minimum Gasteiger partial charge on any atom is -0.331 e. The average Bonchev–Trinajstić information content (AvgIpc) is 3.14. The fraction of sp³-hybridized carbons (Fsp3) is 0.250. The molecule has 0 spiro atoms. The van der Waals surface area contributed by atoms with Crippen LogP contribution in [0.3, 0.4) is 0 Å². The van der Waals surface area contributed by atoms with Crippen molar-refractivity contribution in [3.05, 3.63) is 59.4 Å². The summed E-state index contributed by atoms with van der Waals surface area (Å²) in [5.74, 6) is -0.217. The van der Waals surface area contributed by atoms with E-state index in [9.17, 15) is 4.79 Å². The lowest BCUT2D eigenvalue weighted by Gasteiger charge is -2.23. The van der Waals surface area contributed by atoms with Crippen molar-refractivity contribution in [2.45, 2.75) is 12.5 Å². The Hall–Kier alpha value is -2.58. The number of benzene rings is 1. The molecule has 1 atom stereocenters. The summed E-state index contributed by atoms with van der Waals surface area (Å²) in [6, 6.07) is 15.1. The van der Waals surface area contributed by atoms with Crippen molar-refractivity contribution < 1.29 is 9.63 Å². The van der Waals surface area contributed by atoms with Crippen LogP contribution in [-0.4, -0.2) is 22.1 Å². The van der Waals surface area contributed by atoms with Crippen LogP contribution in [0.5, 0.6) is 0 Å². The lowest BCUT2D eigenvalue weighted by molar-refractivity contribution is -0.0970. The Balaban J connectivity index is 1.90. The number of hydrogen-bond acceptors (Lipinski definition) is 3. The van der Waals surface area contributed by atoms with E-state index in [0.717, 1.165) is 12.0 Å². The van der Waals surface area contributed by atoms with Gasteiger partial charge in [-0.2, -0.15) is 5.26 Å². The lowest BCUT2D eigenvalue weighted by atomic mass is 10.0. The SMILES string of the molecule is Cn1c(C#N)ccc1C(=O)N1OCC[C@@H]1c1ccccc1. The standard InChI is InChI=1S/C16H15N3O2/c1-18-13(11-17)7-8-15(18)16(20)19-14(9-10-21-19)12-5-3-2-4-6-12/h2-8,14H,9-10H2,1H3/t14-/m1/s1. The van der Waals surface area contributed by atoms with E-state index in [0.29, 0.717) is 18.0 Å². The molecule has 1 amide bonds. The van der Waals surface area contributed by atoms with Crippen LogP contribution in [0.15, 0.2) is 42.5 Å². The van der Waals surface area contributed by atoms with Gasteiger partial charge in [0, 0.05) is 13.5 Å². The Bertz CT molecular complexity index is 700. The van der Waals surface area contributed by atoms with Crippen LogP contribution < -0.4 is 0 Å². The molecular formula is C16H15N3O2. The summed E-state index contributed by atoms with van der Waals surface area (Å²) in [6.45, 7) is 0.515. The summed E-state index contributed by atoms with van der Waals surface area (Å²) >= 11 is 0. The van der Waals surface area contributed by atoms with Gasteiger partial charge in [-0.05, 0) is 17.7 Å². The van der Waals surface area contributed by atoms with Gasteiger partial charge in [0.25, 0.3) is 5.91 Å². The van der Waals surface area contributed by atoms with Crippen LogP contribution in [0.4, 0.5) is 0 Å². The van der Waals surface area contributed by atoms with Gasteiger partial charge in [-0.3, -0.25) is 9.63 Å². The molecule has 3 rings (SSSR count). The molecule has 0 bridgehead atoms. The van der Waals surface area contributed by atoms with Crippen LogP contribution in [-0.2, 0) is 11.9 Å². The van der Waals surface area contributed by atoms with Crippen LogP contribution in [0.1, 0.15) is 34.2 Å². The van der Waals surface area contributed by atoms with Crippen molar-refractivity contribution in [1.29, 1.82) is 5.26 Å². The summed E-state index contributed by atoms with van der Waals surface area (Å²) in [5.41, 5.74) is 1.96. The zero-order valence-electron chi connectivity index (χ0n) is 11.7. The number of carbonyl (C=O) groups is 1. The summed E-state index contributed by atoms with van der Waals surface area (Å²) in [6.07, 6.45) is 0.769. The van der Waals surface area contributed by atoms with Crippen molar-refractivity contribution >= 4 is 5.91 Å². The Morgan fingerprint density at radius 1 is 1.29 bits per heavy atom. The minimum absolute atomic E-state index is 0.0841. The van der Waals surface area contributed by atoms with E-state index in [-0.39, 0.29) is 11.9 Å². The van der Waals surface area contributed by atoms with E-state index in [1.165, 1.54) is 5.06 Å². The molecule has 5 heteroatoms. The molecule has 0 aliphatic carbocycles. The quantitative estimate of drug-likeness (QED) is 0.849. The van der Waals surface area contributed by atoms with E-state index in [1.807, 2.05) is 30.3 Å². The molecule has 1 aliphatic heterocycles. The first-order valence-electron chi connectivity index (χ1n) is 6.79. The number of nitriles is 1. The molecule has 0 unspecified atom stereocenters. The molecule has 1 aromatic carbocycles. The van der Waals surface area contributed by atoms with Crippen LogP contribution in [0.25, 0.3) is 0 Å². The normalized spacial score (nSPS) is 17.7. The Kier molecular flexibility index (Phi) is 3.46. The first kappa shape index (κ1) is 13.4. The zero-order chi connectivity index (χ0) is 14.8. The first-order valence-corrected chi connectivity index (χ1v) is 6.79. The smallest absolute Gasteiger partial charge is 0.294 e. The van der Waals surface area contributed by atoms with Gasteiger partial charge in [0.2, 0.25) is 0 Å². The second-order valence-corrected chi connectivity index (χ2v) is 4.95. The van der Waals surface area contributed by atoms with Crippen molar-refractivity contribution in [2.24, 2.45) is 7.05 Å². The van der Waals surface area contributed by atoms with Gasteiger partial charge >= 0.3 is 0 Å². The molecule has 1 fully saturated rings. The van der Waals surface area contributed by atoms with Gasteiger partial charge < -0.3 is 4.57 Å². The number of rotatable bonds is 2. The molecule has 2 heterocycles. The maximum atomic E-state index is 12.7. The highest BCUT2D eigenvalue weighted by molar-refractivity contribution is 5.92. The maximum absolute atomic E-state index is 12.7. The van der Waals surface area contributed by atoms with Crippen molar-refractivity contribution in [2.75, 3.05) is 6.61 Å². The number of hydrogen-bond donors (Lipinski definition) is 0. The molecular weight excluding hydrogens is 266 g/mol. The molecule has 0 saturated carbocycles. The largest absolute Gasteiger partial charge is 0.331 e. The summed E-state index contributed by atoms with van der Waals surface area (Å²) < 4.78 is 1.59. The molecule has 1 saturated heterocycles. The molecule has 1 aromatic heterocycles. The monoisotopic (exact) mass is 281 g/mol. The maximum Gasteiger partial charge on any atom is 0.294 e. The van der Waals surface area contributed by atoms with Crippen molar-refractivity contribution in [1.82, 2.24) is 9.63 Å². The van der Waals surface area contributed by atoms with E-state index in [1.54, 1.807) is 23.7 Å². The third-order valence-corrected chi connectivity index (χ3v) is 3.74. The molecule has 21 heavy (non-hydrogen) atoms. The number of aromatic nitrogens is 1. The number of hydroxylamine groups is 2. The summed E-state index contributed by atoms with van der Waals surface area (Å²) in [5, 5.41) is 10.4. The Morgan fingerprint density at radius 2 is 2.05 bits per heavy atom. The predicted molar refractivity (Wildman–Crippen MR) is 76.0 cm³/mol. The molecule has 2 aromatic rings. The Morgan fingerprint density at radius 3 is 2.71 bits per heavy atom. The predicted octanol–water partition coefficient (Wildman–Crippen LogP) is 2.42. The molecule has 106 valence electrons. The van der Waals surface area contributed by atoms with Crippen LogP contribution in [0.2, 0.25) is 0 Å².